The van der Waals surface area contributed by atoms with Gasteiger partial charge < -0.3 is 20.5 Å². The van der Waals surface area contributed by atoms with Crippen molar-refractivity contribution >= 4 is 19.7 Å². The van der Waals surface area contributed by atoms with E-state index in [9.17, 15) is 14.2 Å². The lowest BCUT2D eigenvalue weighted by atomic mass is 10.1. The maximum atomic E-state index is 13.0. The monoisotopic (exact) mass is 662 g/mol. The Labute approximate surface area is 274 Å². The molecule has 1 unspecified atom stereocenters. The van der Waals surface area contributed by atoms with E-state index in [1.807, 2.05) is 0 Å². The van der Waals surface area contributed by atoms with Gasteiger partial charge in [-0.3, -0.25) is 23.2 Å². The third-order valence-electron chi connectivity index (χ3n) is 7.39. The van der Waals surface area contributed by atoms with E-state index >= 15 is 0 Å². The number of carbonyl (C=O) groups is 2. The summed E-state index contributed by atoms with van der Waals surface area (Å²) in [5.41, 5.74) is 5.50. The average molecular weight is 663 g/mol. The van der Waals surface area contributed by atoms with Gasteiger partial charge in [-0.2, -0.15) is 0 Å². The molecule has 0 aromatic carbocycles. The highest BCUT2D eigenvalue weighted by Gasteiger charge is 2.28. The van der Waals surface area contributed by atoms with Crippen LogP contribution in [0.2, 0.25) is 0 Å². The van der Waals surface area contributed by atoms with Crippen LogP contribution >= 0.6 is 7.82 Å². The Morgan fingerprint density at radius 2 is 1.36 bits per heavy atom. The lowest BCUT2D eigenvalue weighted by Gasteiger charge is -2.23. The number of ether oxygens (including phenoxy) is 2. The van der Waals surface area contributed by atoms with Crippen LogP contribution in [0, 0.1) is 0 Å². The zero-order valence-corrected chi connectivity index (χ0v) is 29.8. The fraction of sp³-hybridized carbons (Fsp3) is 0.882. The van der Waals surface area contributed by atoms with Gasteiger partial charge in [0.2, 0.25) is 5.91 Å². The fourth-order valence-corrected chi connectivity index (χ4v) is 6.10. The molecule has 3 N–H and O–H groups in total. The van der Waals surface area contributed by atoms with Gasteiger partial charge in [0.05, 0.1) is 39.1 Å². The molecule has 0 rings (SSSR count). The van der Waals surface area contributed by atoms with Crippen molar-refractivity contribution in [3.8, 4) is 0 Å². The number of nitrogens with two attached hydrogens (primary N) is 1. The van der Waals surface area contributed by atoms with Crippen molar-refractivity contribution in [1.29, 1.82) is 0 Å². The van der Waals surface area contributed by atoms with Gasteiger partial charge in [-0.15, -0.1) is 6.58 Å². The van der Waals surface area contributed by atoms with Crippen molar-refractivity contribution in [3.63, 3.8) is 0 Å². The molecule has 11 heteroatoms. The van der Waals surface area contributed by atoms with Crippen LogP contribution in [0.15, 0.2) is 12.7 Å². The van der Waals surface area contributed by atoms with Crippen LogP contribution in [-0.4, -0.2) is 63.6 Å². The Hall–Kier alpha value is -1.29. The number of hydrogen-bond acceptors (Lipinski definition) is 9. The number of amides is 1. The first kappa shape index (κ1) is 43.7. The van der Waals surface area contributed by atoms with Crippen molar-refractivity contribution in [3.05, 3.63) is 12.7 Å². The van der Waals surface area contributed by atoms with Crippen molar-refractivity contribution in [2.24, 2.45) is 5.73 Å². The van der Waals surface area contributed by atoms with Gasteiger partial charge in [0.25, 0.3) is 0 Å². The number of phosphoric acid groups is 1. The van der Waals surface area contributed by atoms with Crippen molar-refractivity contribution in [2.45, 2.75) is 155 Å². The van der Waals surface area contributed by atoms with Crippen LogP contribution in [0.1, 0.15) is 143 Å². The molecule has 0 radical (unpaired) electrons. The van der Waals surface area contributed by atoms with Crippen LogP contribution in [0.4, 0.5) is 0 Å². The van der Waals surface area contributed by atoms with E-state index in [1.165, 1.54) is 83.6 Å². The van der Waals surface area contributed by atoms with Crippen LogP contribution in [-0.2, 0) is 37.2 Å². The molecule has 0 aliphatic rings. The maximum Gasteiger partial charge on any atom is 0.475 e. The second kappa shape index (κ2) is 31.3. The number of nitrogens with one attached hydrogen (secondary N) is 1. The number of phosphoric ester groups is 1. The molecule has 10 nitrogen and oxygen atoms in total. The number of hydrogen-bond donors (Lipinski definition) is 2. The second-order valence-corrected chi connectivity index (χ2v) is 13.5. The molecule has 1 amide bonds. The topological polar surface area (TPSA) is 135 Å². The van der Waals surface area contributed by atoms with Crippen LogP contribution in [0.25, 0.3) is 0 Å². The van der Waals surface area contributed by atoms with E-state index in [4.69, 9.17) is 28.8 Å². The number of carbonyl (C=O) groups excluding carboxylic acids is 2. The van der Waals surface area contributed by atoms with E-state index in [0.29, 0.717) is 19.4 Å². The summed E-state index contributed by atoms with van der Waals surface area (Å²) in [6.07, 6.45) is 21.9. The highest BCUT2D eigenvalue weighted by atomic mass is 31.2. The summed E-state index contributed by atoms with van der Waals surface area (Å²) in [5.74, 6) is -0.417. The summed E-state index contributed by atoms with van der Waals surface area (Å²) >= 11 is 0. The summed E-state index contributed by atoms with van der Waals surface area (Å²) in [5, 5.41) is 2.96. The molecule has 45 heavy (non-hydrogen) atoms. The predicted molar refractivity (Wildman–Crippen MR) is 182 cm³/mol. The molecule has 3 atom stereocenters. The molecule has 0 saturated carbocycles. The van der Waals surface area contributed by atoms with E-state index in [-0.39, 0.29) is 51.0 Å². The fourth-order valence-electron chi connectivity index (χ4n) is 4.90. The third-order valence-corrected chi connectivity index (χ3v) is 8.82. The molecular formula is C34H67N2O8P. The first-order valence-corrected chi connectivity index (χ1v) is 19.1. The molecular weight excluding hydrogens is 595 g/mol. The number of unbranched alkanes of at least 4 members (excludes halogenated alkanes) is 14. The molecule has 0 aliphatic heterocycles. The minimum atomic E-state index is -3.90. The van der Waals surface area contributed by atoms with Crippen LogP contribution in [0.3, 0.4) is 0 Å². The largest absolute Gasteiger partial charge is 0.475 e. The van der Waals surface area contributed by atoms with E-state index in [1.54, 1.807) is 0 Å². The first-order valence-electron chi connectivity index (χ1n) is 17.7. The van der Waals surface area contributed by atoms with Crippen LogP contribution < -0.4 is 11.1 Å². The standard InChI is InChI=1S/C34H67N2O8P/c1-5-8-10-12-13-14-15-16-17-19-21-23-34(38)36-32(30-43-45(39,41-26-7-3)42-28-25-35)29-40-27-24-33(44-31(4)37)22-20-18-11-9-6-2/h7,32-33H,3,5-6,8-30,35H2,1-2,4H3,(H,36,38)/t32-,33+,45?/m0/s1. The predicted octanol–water partition coefficient (Wildman–Crippen LogP) is 8.17. The Morgan fingerprint density at radius 1 is 0.778 bits per heavy atom. The normalized spacial score (nSPS) is 14.0. The molecule has 266 valence electrons. The lowest BCUT2D eigenvalue weighted by Crippen LogP contribution is -2.41. The lowest BCUT2D eigenvalue weighted by molar-refractivity contribution is -0.147. The summed E-state index contributed by atoms with van der Waals surface area (Å²) in [7, 11) is -3.90. The zero-order chi connectivity index (χ0) is 33.4. The molecule has 0 heterocycles. The first-order chi connectivity index (χ1) is 21.8. The van der Waals surface area contributed by atoms with E-state index in [0.717, 1.165) is 38.5 Å². The minimum absolute atomic E-state index is 0.00319. The van der Waals surface area contributed by atoms with E-state index < -0.39 is 13.9 Å². The Morgan fingerprint density at radius 3 is 1.91 bits per heavy atom. The number of rotatable bonds is 34. The Balaban J connectivity index is 4.81. The van der Waals surface area contributed by atoms with Gasteiger partial charge in [0.1, 0.15) is 6.10 Å². The molecule has 0 bridgehead atoms. The molecule has 0 aromatic heterocycles. The second-order valence-electron chi connectivity index (χ2n) is 11.8. The third kappa shape index (κ3) is 28.6. The Bertz CT molecular complexity index is 770. The van der Waals surface area contributed by atoms with Gasteiger partial charge in [-0.1, -0.05) is 110 Å². The van der Waals surface area contributed by atoms with Gasteiger partial charge >= 0.3 is 13.8 Å². The highest BCUT2D eigenvalue weighted by molar-refractivity contribution is 7.48. The van der Waals surface area contributed by atoms with Gasteiger partial charge in [0.15, 0.2) is 0 Å². The summed E-state index contributed by atoms with van der Waals surface area (Å²) in [4.78, 5) is 24.4. The maximum absolute atomic E-state index is 13.0. The van der Waals surface area contributed by atoms with E-state index in [2.05, 4.69) is 25.7 Å². The minimum Gasteiger partial charge on any atom is -0.462 e. The van der Waals surface area contributed by atoms with Crippen LogP contribution in [0.5, 0.6) is 0 Å². The Kier molecular flexibility index (Phi) is 30.4. The molecule has 0 aromatic rings. The smallest absolute Gasteiger partial charge is 0.462 e. The average Bonchev–Trinajstić information content (AvgIpc) is 3.02. The van der Waals surface area contributed by atoms with Crippen molar-refractivity contribution < 1.29 is 37.2 Å². The molecule has 0 saturated heterocycles. The molecule has 0 aliphatic carbocycles. The van der Waals surface area contributed by atoms with Crippen molar-refractivity contribution in [2.75, 3.05) is 39.6 Å². The quantitative estimate of drug-likeness (QED) is 0.0303. The summed E-state index contributed by atoms with van der Waals surface area (Å²) in [6.45, 7) is 9.87. The summed E-state index contributed by atoms with van der Waals surface area (Å²) < 4.78 is 40.5. The molecule has 0 spiro atoms. The van der Waals surface area contributed by atoms with Crippen molar-refractivity contribution in [1.82, 2.24) is 5.32 Å². The molecule has 0 fully saturated rings. The van der Waals surface area contributed by atoms with Gasteiger partial charge in [-0.05, 0) is 19.3 Å². The highest BCUT2D eigenvalue weighted by Crippen LogP contribution is 2.49. The van der Waals surface area contributed by atoms with Gasteiger partial charge in [0, 0.05) is 26.3 Å². The van der Waals surface area contributed by atoms with Gasteiger partial charge in [-0.25, -0.2) is 4.57 Å². The zero-order valence-electron chi connectivity index (χ0n) is 28.9. The summed E-state index contributed by atoms with van der Waals surface area (Å²) in [6, 6.07) is -0.575. The SMILES string of the molecule is C=CCOP(=O)(OCCN)OC[C@H](COCC[C@@H](CCCCCCC)OC(C)=O)NC(=O)CCCCCCCCCCCCC. The number of esters is 1.